The largest absolute Gasteiger partial charge is 0.497 e. The van der Waals surface area contributed by atoms with E-state index in [2.05, 4.69) is 26.6 Å². The molecule has 0 saturated heterocycles. The van der Waals surface area contributed by atoms with Gasteiger partial charge < -0.3 is 9.30 Å². The monoisotopic (exact) mass is 379 g/mol. The third-order valence-corrected chi connectivity index (χ3v) is 6.05. The molecule has 2 aromatic heterocycles. The van der Waals surface area contributed by atoms with Gasteiger partial charge in [0.1, 0.15) is 11.6 Å². The molecule has 7 nitrogen and oxygen atoms in total. The molecule has 1 aromatic carbocycles. The third kappa shape index (κ3) is 2.99. The molecule has 3 aromatic rings. The van der Waals surface area contributed by atoms with E-state index < -0.39 is 0 Å². The van der Waals surface area contributed by atoms with E-state index in [-0.39, 0.29) is 5.56 Å². The van der Waals surface area contributed by atoms with E-state index in [4.69, 9.17) is 9.72 Å². The summed E-state index contributed by atoms with van der Waals surface area (Å²) in [5.41, 5.74) is 2.50. The fraction of sp³-hybridized carbons (Fsp3) is 0.476. The molecule has 1 aliphatic carbocycles. The zero-order chi connectivity index (χ0) is 19.1. The van der Waals surface area contributed by atoms with Crippen molar-refractivity contribution in [3.8, 4) is 5.75 Å². The molecular weight excluding hydrogens is 354 g/mol. The van der Waals surface area contributed by atoms with E-state index in [1.807, 2.05) is 18.5 Å². The van der Waals surface area contributed by atoms with Gasteiger partial charge in [0.25, 0.3) is 5.56 Å². The lowest BCUT2D eigenvalue weighted by Gasteiger charge is -2.29. The van der Waals surface area contributed by atoms with Gasteiger partial charge in [-0.2, -0.15) is 0 Å². The Morgan fingerprint density at radius 3 is 2.68 bits per heavy atom. The predicted octanol–water partition coefficient (Wildman–Crippen LogP) is 2.73. The third-order valence-electron chi connectivity index (χ3n) is 6.05. The van der Waals surface area contributed by atoms with Gasteiger partial charge in [-0.3, -0.25) is 14.3 Å². The molecule has 0 spiro atoms. The topological polar surface area (TPSA) is 65.2 Å². The first-order chi connectivity index (χ1) is 13.7. The Morgan fingerprint density at radius 1 is 1.14 bits per heavy atom. The van der Waals surface area contributed by atoms with Crippen molar-refractivity contribution in [3.63, 3.8) is 0 Å². The van der Waals surface area contributed by atoms with Crippen molar-refractivity contribution < 1.29 is 4.74 Å². The minimum absolute atomic E-state index is 0.000782. The summed E-state index contributed by atoms with van der Waals surface area (Å²) in [6, 6.07) is 8.58. The van der Waals surface area contributed by atoms with Crippen molar-refractivity contribution in [2.24, 2.45) is 0 Å². The Labute approximate surface area is 163 Å². The van der Waals surface area contributed by atoms with E-state index in [1.165, 1.54) is 18.4 Å². The van der Waals surface area contributed by atoms with Crippen molar-refractivity contribution >= 4 is 11.2 Å². The van der Waals surface area contributed by atoms with Crippen LogP contribution in [0.25, 0.3) is 11.2 Å². The van der Waals surface area contributed by atoms with Gasteiger partial charge in [0.2, 0.25) is 0 Å². The fourth-order valence-electron chi connectivity index (χ4n) is 4.49. The minimum Gasteiger partial charge on any atom is -0.497 e. The summed E-state index contributed by atoms with van der Waals surface area (Å²) in [7, 11) is 1.68. The number of ether oxygens (including phenoxy) is 1. The summed E-state index contributed by atoms with van der Waals surface area (Å²) < 4.78 is 9.17. The number of aromatic nitrogens is 4. The molecule has 0 amide bonds. The van der Waals surface area contributed by atoms with Crippen LogP contribution < -0.4 is 10.3 Å². The van der Waals surface area contributed by atoms with E-state index in [1.54, 1.807) is 11.7 Å². The second kappa shape index (κ2) is 7.05. The molecule has 1 saturated carbocycles. The highest BCUT2D eigenvalue weighted by Crippen LogP contribution is 2.31. The molecule has 0 N–H and O–H groups in total. The minimum atomic E-state index is 0.000782. The average molecular weight is 379 g/mol. The van der Waals surface area contributed by atoms with Crippen LogP contribution in [0.4, 0.5) is 0 Å². The molecule has 0 atom stereocenters. The van der Waals surface area contributed by atoms with E-state index >= 15 is 0 Å². The predicted molar refractivity (Wildman–Crippen MR) is 106 cm³/mol. The molecule has 28 heavy (non-hydrogen) atoms. The Kier molecular flexibility index (Phi) is 4.39. The highest BCUT2D eigenvalue weighted by atomic mass is 16.5. The number of imidazole rings is 1. The Hall–Kier alpha value is -2.67. The van der Waals surface area contributed by atoms with E-state index in [0.29, 0.717) is 24.6 Å². The average Bonchev–Trinajstić information content (AvgIpc) is 3.38. The first kappa shape index (κ1) is 17.4. The molecule has 146 valence electrons. The van der Waals surface area contributed by atoms with Crippen molar-refractivity contribution in [3.05, 3.63) is 52.3 Å². The Morgan fingerprint density at radius 2 is 1.93 bits per heavy atom. The number of hydrogen-bond donors (Lipinski definition) is 0. The normalized spacial score (nSPS) is 17.9. The summed E-state index contributed by atoms with van der Waals surface area (Å²) in [6.07, 6.45) is 6.59. The Balaban J connectivity index is 1.43. The SMILES string of the molecule is COc1ccc(CN2CCn3c(nc4c(ncn4C4CCCC4)c3=O)C2)cc1. The van der Waals surface area contributed by atoms with Crippen LogP contribution in [-0.2, 0) is 19.6 Å². The van der Waals surface area contributed by atoms with Gasteiger partial charge in [-0.1, -0.05) is 25.0 Å². The van der Waals surface area contributed by atoms with Gasteiger partial charge >= 0.3 is 0 Å². The van der Waals surface area contributed by atoms with Crippen molar-refractivity contribution in [2.75, 3.05) is 13.7 Å². The van der Waals surface area contributed by atoms with E-state index in [0.717, 1.165) is 43.2 Å². The van der Waals surface area contributed by atoms with Crippen LogP contribution in [0.2, 0.25) is 0 Å². The molecule has 7 heteroatoms. The molecule has 5 rings (SSSR count). The number of hydrogen-bond acceptors (Lipinski definition) is 5. The van der Waals surface area contributed by atoms with Crippen LogP contribution >= 0.6 is 0 Å². The van der Waals surface area contributed by atoms with Crippen LogP contribution in [0, 0.1) is 0 Å². The quantitative estimate of drug-likeness (QED) is 0.697. The molecule has 3 heterocycles. The first-order valence-corrected chi connectivity index (χ1v) is 10.0. The smallest absolute Gasteiger partial charge is 0.281 e. The standard InChI is InChI=1S/C21H25N5O2/c1-28-17-8-6-15(7-9-17)12-24-10-11-25-18(13-24)23-20-19(21(25)27)22-14-26(20)16-4-2-3-5-16/h6-9,14,16H,2-5,10-13H2,1H3. The van der Waals surface area contributed by atoms with Crippen LogP contribution in [-0.4, -0.2) is 37.7 Å². The maximum absolute atomic E-state index is 13.0. The highest BCUT2D eigenvalue weighted by molar-refractivity contribution is 5.69. The molecular formula is C21H25N5O2. The summed E-state index contributed by atoms with van der Waals surface area (Å²) >= 11 is 0. The lowest BCUT2D eigenvalue weighted by atomic mass is 10.2. The number of fused-ring (bicyclic) bond motifs is 2. The van der Waals surface area contributed by atoms with Crippen molar-refractivity contribution in [2.45, 2.75) is 51.4 Å². The Bertz CT molecular complexity index is 1050. The van der Waals surface area contributed by atoms with Gasteiger partial charge in [-0.15, -0.1) is 0 Å². The summed E-state index contributed by atoms with van der Waals surface area (Å²) in [6.45, 7) is 2.99. The summed E-state index contributed by atoms with van der Waals surface area (Å²) in [5.74, 6) is 1.71. The van der Waals surface area contributed by atoms with Gasteiger partial charge in [-0.05, 0) is 30.5 Å². The summed E-state index contributed by atoms with van der Waals surface area (Å²) in [5, 5.41) is 0. The molecule has 0 unspecified atom stereocenters. The number of benzene rings is 1. The van der Waals surface area contributed by atoms with Crippen LogP contribution in [0.5, 0.6) is 5.75 Å². The maximum atomic E-state index is 13.0. The van der Waals surface area contributed by atoms with Crippen molar-refractivity contribution in [1.29, 1.82) is 0 Å². The zero-order valence-corrected chi connectivity index (χ0v) is 16.2. The van der Waals surface area contributed by atoms with E-state index in [9.17, 15) is 4.79 Å². The molecule has 1 fully saturated rings. The number of rotatable bonds is 4. The van der Waals surface area contributed by atoms with Crippen LogP contribution in [0.3, 0.4) is 0 Å². The second-order valence-electron chi connectivity index (χ2n) is 7.81. The van der Waals surface area contributed by atoms with Crippen LogP contribution in [0.15, 0.2) is 35.4 Å². The van der Waals surface area contributed by atoms with Gasteiger partial charge in [0.15, 0.2) is 11.2 Å². The highest BCUT2D eigenvalue weighted by Gasteiger charge is 2.25. The lowest BCUT2D eigenvalue weighted by molar-refractivity contribution is 0.204. The first-order valence-electron chi connectivity index (χ1n) is 10.0. The molecule has 0 radical (unpaired) electrons. The van der Waals surface area contributed by atoms with Crippen LogP contribution in [0.1, 0.15) is 43.1 Å². The second-order valence-corrected chi connectivity index (χ2v) is 7.81. The molecule has 0 bridgehead atoms. The maximum Gasteiger partial charge on any atom is 0.281 e. The number of methoxy groups -OCH3 is 1. The zero-order valence-electron chi connectivity index (χ0n) is 16.2. The van der Waals surface area contributed by atoms with Gasteiger partial charge in [0, 0.05) is 25.7 Å². The van der Waals surface area contributed by atoms with Crippen molar-refractivity contribution in [1.82, 2.24) is 24.0 Å². The number of nitrogens with zero attached hydrogens (tertiary/aromatic N) is 5. The van der Waals surface area contributed by atoms with Gasteiger partial charge in [0.05, 0.1) is 20.0 Å². The van der Waals surface area contributed by atoms with Gasteiger partial charge in [-0.25, -0.2) is 9.97 Å². The summed E-state index contributed by atoms with van der Waals surface area (Å²) in [4.78, 5) is 24.6. The molecule has 2 aliphatic rings. The lowest BCUT2D eigenvalue weighted by Crippen LogP contribution is -2.39. The fourth-order valence-corrected chi connectivity index (χ4v) is 4.49. The molecule has 1 aliphatic heterocycles.